The zero-order valence-corrected chi connectivity index (χ0v) is 16.1. The number of nitro benzene ring substituents is 1. The lowest BCUT2D eigenvalue weighted by molar-refractivity contribution is -0.384. The molecular formula is C15H15Cl2N7O4. The molecule has 0 spiro atoms. The molecule has 1 aromatic heterocycles. The van der Waals surface area contributed by atoms with Crippen molar-refractivity contribution in [2.24, 2.45) is 5.10 Å². The standard InChI is InChI=1S/C15H15Cl2N7O4/c1-27-15-20-13(19-14(21-15)23-2-4-28-5-3-23)22-18-8-9-6-12(24(25)26)11(17)7-10(9)16/h6-8H,2-5H2,1H3,(H,19,20,21,22)/b18-8+. The van der Waals surface area contributed by atoms with Gasteiger partial charge in [0, 0.05) is 24.7 Å². The molecule has 0 bridgehead atoms. The second-order valence-electron chi connectivity index (χ2n) is 5.50. The summed E-state index contributed by atoms with van der Waals surface area (Å²) in [6.07, 6.45) is 1.30. The van der Waals surface area contributed by atoms with Crippen molar-refractivity contribution in [1.29, 1.82) is 0 Å². The Labute approximate surface area is 169 Å². The topological polar surface area (TPSA) is 128 Å². The number of nitro groups is 1. The van der Waals surface area contributed by atoms with Crippen LogP contribution in [0.2, 0.25) is 10.0 Å². The Morgan fingerprint density at radius 3 is 2.71 bits per heavy atom. The highest BCUT2D eigenvalue weighted by atomic mass is 35.5. The van der Waals surface area contributed by atoms with Crippen molar-refractivity contribution in [3.8, 4) is 6.01 Å². The van der Waals surface area contributed by atoms with Crippen LogP contribution in [0.1, 0.15) is 5.56 Å². The Bertz CT molecular complexity index is 906. The summed E-state index contributed by atoms with van der Waals surface area (Å²) in [5.41, 5.74) is 2.68. The average Bonchev–Trinajstić information content (AvgIpc) is 2.69. The number of methoxy groups -OCH3 is 1. The van der Waals surface area contributed by atoms with Crippen LogP contribution in [-0.4, -0.2) is 59.5 Å². The van der Waals surface area contributed by atoms with Crippen LogP contribution in [0.4, 0.5) is 17.6 Å². The minimum Gasteiger partial charge on any atom is -0.467 e. The second-order valence-corrected chi connectivity index (χ2v) is 6.31. The predicted octanol–water partition coefficient (Wildman–Crippen LogP) is 2.38. The summed E-state index contributed by atoms with van der Waals surface area (Å²) in [6.45, 7) is 2.42. The number of ether oxygens (including phenoxy) is 2. The van der Waals surface area contributed by atoms with Gasteiger partial charge in [-0.3, -0.25) is 10.1 Å². The number of morpholine rings is 1. The molecule has 0 atom stereocenters. The fraction of sp³-hybridized carbons (Fsp3) is 0.333. The van der Waals surface area contributed by atoms with Crippen molar-refractivity contribution in [1.82, 2.24) is 15.0 Å². The maximum absolute atomic E-state index is 11.0. The Kier molecular flexibility index (Phi) is 6.39. The van der Waals surface area contributed by atoms with E-state index in [2.05, 4.69) is 25.5 Å². The molecule has 2 aromatic rings. The molecule has 2 heterocycles. The molecule has 13 heteroatoms. The highest BCUT2D eigenvalue weighted by Crippen LogP contribution is 2.30. The van der Waals surface area contributed by atoms with Crippen LogP contribution < -0.4 is 15.1 Å². The van der Waals surface area contributed by atoms with Gasteiger partial charge in [-0.25, -0.2) is 5.43 Å². The van der Waals surface area contributed by atoms with Gasteiger partial charge in [-0.2, -0.15) is 20.1 Å². The maximum Gasteiger partial charge on any atom is 0.322 e. The largest absolute Gasteiger partial charge is 0.467 e. The third-order valence-corrected chi connectivity index (χ3v) is 4.34. The van der Waals surface area contributed by atoms with Crippen LogP contribution in [0.15, 0.2) is 17.2 Å². The summed E-state index contributed by atoms with van der Waals surface area (Å²) in [6, 6.07) is 2.63. The minimum absolute atomic E-state index is 0.0579. The summed E-state index contributed by atoms with van der Waals surface area (Å²) in [5.74, 6) is 0.567. The predicted molar refractivity (Wildman–Crippen MR) is 104 cm³/mol. The lowest BCUT2D eigenvalue weighted by atomic mass is 10.2. The van der Waals surface area contributed by atoms with Crippen LogP contribution in [0.3, 0.4) is 0 Å². The van der Waals surface area contributed by atoms with Gasteiger partial charge in [0.15, 0.2) is 0 Å². The van der Waals surface area contributed by atoms with Gasteiger partial charge in [-0.15, -0.1) is 0 Å². The lowest BCUT2D eigenvalue weighted by Crippen LogP contribution is -2.37. The summed E-state index contributed by atoms with van der Waals surface area (Å²) in [4.78, 5) is 24.9. The lowest BCUT2D eigenvalue weighted by Gasteiger charge is -2.26. The molecular weight excluding hydrogens is 413 g/mol. The molecule has 0 unspecified atom stereocenters. The van der Waals surface area contributed by atoms with Gasteiger partial charge in [-0.1, -0.05) is 23.2 Å². The van der Waals surface area contributed by atoms with Crippen molar-refractivity contribution >= 4 is 47.0 Å². The number of aromatic nitrogens is 3. The summed E-state index contributed by atoms with van der Waals surface area (Å²) < 4.78 is 10.4. The van der Waals surface area contributed by atoms with E-state index in [9.17, 15) is 10.1 Å². The fourth-order valence-electron chi connectivity index (χ4n) is 2.34. The van der Waals surface area contributed by atoms with Crippen LogP contribution in [0, 0.1) is 10.1 Å². The molecule has 3 rings (SSSR count). The second kappa shape index (κ2) is 8.95. The van der Waals surface area contributed by atoms with Crippen molar-refractivity contribution in [3.05, 3.63) is 37.9 Å². The molecule has 0 radical (unpaired) electrons. The SMILES string of the molecule is COc1nc(N/N=C/c2cc([N+](=O)[O-])c(Cl)cc2Cl)nc(N2CCOCC2)n1. The number of hydrogen-bond acceptors (Lipinski definition) is 10. The third-order valence-electron chi connectivity index (χ3n) is 3.71. The van der Waals surface area contributed by atoms with Gasteiger partial charge in [0.1, 0.15) is 5.02 Å². The molecule has 28 heavy (non-hydrogen) atoms. The number of nitrogens with zero attached hydrogens (tertiary/aromatic N) is 6. The molecule has 1 aliphatic rings. The first-order valence-corrected chi connectivity index (χ1v) is 8.79. The Hall–Kier alpha value is -2.76. The number of halogens is 2. The van der Waals surface area contributed by atoms with Gasteiger partial charge in [-0.05, 0) is 6.07 Å². The molecule has 11 nitrogen and oxygen atoms in total. The normalized spacial score (nSPS) is 14.3. The number of rotatable bonds is 6. The van der Waals surface area contributed by atoms with Gasteiger partial charge < -0.3 is 14.4 Å². The van der Waals surface area contributed by atoms with E-state index in [1.807, 2.05) is 4.90 Å². The minimum atomic E-state index is -0.602. The van der Waals surface area contributed by atoms with Crippen LogP contribution in [0.25, 0.3) is 0 Å². The van der Waals surface area contributed by atoms with Gasteiger partial charge in [0.05, 0.1) is 36.5 Å². The zero-order valence-electron chi connectivity index (χ0n) is 14.6. The van der Waals surface area contributed by atoms with Crippen LogP contribution >= 0.6 is 23.2 Å². The van der Waals surface area contributed by atoms with E-state index in [1.165, 1.54) is 25.5 Å². The monoisotopic (exact) mass is 427 g/mol. The Morgan fingerprint density at radius 2 is 2.04 bits per heavy atom. The number of hydrogen-bond donors (Lipinski definition) is 1. The highest BCUT2D eigenvalue weighted by Gasteiger charge is 2.17. The Balaban J connectivity index is 1.80. The molecule has 0 saturated carbocycles. The van der Waals surface area contributed by atoms with Gasteiger partial charge in [0.2, 0.25) is 5.95 Å². The molecule has 1 fully saturated rings. The van der Waals surface area contributed by atoms with Crippen molar-refractivity contribution < 1.29 is 14.4 Å². The molecule has 0 aliphatic carbocycles. The zero-order chi connectivity index (χ0) is 20.1. The fourth-order valence-corrected chi connectivity index (χ4v) is 2.85. The highest BCUT2D eigenvalue weighted by molar-refractivity contribution is 6.37. The van der Waals surface area contributed by atoms with Crippen molar-refractivity contribution in [2.45, 2.75) is 0 Å². The number of anilines is 2. The van der Waals surface area contributed by atoms with E-state index >= 15 is 0 Å². The number of benzene rings is 1. The molecule has 1 N–H and O–H groups in total. The van der Waals surface area contributed by atoms with Gasteiger partial charge >= 0.3 is 6.01 Å². The average molecular weight is 428 g/mol. The van der Waals surface area contributed by atoms with E-state index in [1.54, 1.807) is 0 Å². The summed E-state index contributed by atoms with van der Waals surface area (Å²) >= 11 is 11.9. The number of hydrazone groups is 1. The first-order chi connectivity index (χ1) is 13.5. The summed E-state index contributed by atoms with van der Waals surface area (Å²) in [7, 11) is 1.44. The van der Waals surface area contributed by atoms with Crippen molar-refractivity contribution in [2.75, 3.05) is 43.7 Å². The van der Waals surface area contributed by atoms with E-state index in [0.29, 0.717) is 37.8 Å². The molecule has 1 saturated heterocycles. The summed E-state index contributed by atoms with van der Waals surface area (Å²) in [5, 5.41) is 15.1. The Morgan fingerprint density at radius 1 is 1.29 bits per heavy atom. The van der Waals surface area contributed by atoms with Crippen molar-refractivity contribution in [3.63, 3.8) is 0 Å². The molecule has 0 amide bonds. The van der Waals surface area contributed by atoms with E-state index in [-0.39, 0.29) is 27.7 Å². The third kappa shape index (κ3) is 4.74. The van der Waals surface area contributed by atoms with E-state index in [4.69, 9.17) is 32.7 Å². The first kappa shape index (κ1) is 20.0. The molecule has 148 valence electrons. The smallest absolute Gasteiger partial charge is 0.322 e. The van der Waals surface area contributed by atoms with Crippen LogP contribution in [0.5, 0.6) is 6.01 Å². The van der Waals surface area contributed by atoms with E-state index < -0.39 is 4.92 Å². The molecule has 1 aromatic carbocycles. The quantitative estimate of drug-likeness (QED) is 0.419. The number of nitrogens with one attached hydrogen (secondary N) is 1. The first-order valence-electron chi connectivity index (χ1n) is 8.03. The van der Waals surface area contributed by atoms with Gasteiger partial charge in [0.25, 0.3) is 11.6 Å². The van der Waals surface area contributed by atoms with E-state index in [0.717, 1.165) is 0 Å². The molecule has 1 aliphatic heterocycles. The maximum atomic E-state index is 11.0. The van der Waals surface area contributed by atoms with Crippen LogP contribution in [-0.2, 0) is 4.74 Å².